The minimum absolute atomic E-state index is 0.0570. The lowest BCUT2D eigenvalue weighted by atomic mass is 10.1. The molecule has 1 fully saturated rings. The average Bonchev–Trinajstić information content (AvgIpc) is 2.46. The highest BCUT2D eigenvalue weighted by atomic mass is 16.5. The summed E-state index contributed by atoms with van der Waals surface area (Å²) in [5.74, 6) is 1.08. The molecule has 2 heterocycles. The Morgan fingerprint density at radius 3 is 2.85 bits per heavy atom. The molecule has 1 saturated heterocycles. The Balaban J connectivity index is 2.30. The van der Waals surface area contributed by atoms with E-state index in [0.717, 1.165) is 11.5 Å². The Bertz CT molecular complexity index is 488. The van der Waals surface area contributed by atoms with E-state index in [1.807, 2.05) is 31.0 Å². The van der Waals surface area contributed by atoms with Gasteiger partial charge in [-0.1, -0.05) is 13.8 Å². The number of hydrogen-bond acceptors (Lipinski definition) is 4. The third-order valence-corrected chi connectivity index (χ3v) is 3.57. The maximum Gasteiger partial charge on any atom is 0.254 e. The predicted octanol–water partition coefficient (Wildman–Crippen LogP) is 2.11. The highest BCUT2D eigenvalue weighted by Gasteiger charge is 2.25. The van der Waals surface area contributed by atoms with E-state index in [1.165, 1.54) is 0 Å². The molecule has 1 N–H and O–H groups in total. The van der Waals surface area contributed by atoms with E-state index in [1.54, 1.807) is 0 Å². The summed E-state index contributed by atoms with van der Waals surface area (Å²) in [6.07, 6.45) is 0. The van der Waals surface area contributed by atoms with Crippen molar-refractivity contribution >= 4 is 11.7 Å². The molecule has 0 saturated carbocycles. The fraction of sp³-hybridized carbons (Fsp3) is 0.600. The third kappa shape index (κ3) is 3.10. The summed E-state index contributed by atoms with van der Waals surface area (Å²) in [6, 6.07) is 3.83. The van der Waals surface area contributed by atoms with Crippen LogP contribution >= 0.6 is 0 Å². The van der Waals surface area contributed by atoms with E-state index in [4.69, 9.17) is 4.74 Å². The molecule has 20 heavy (non-hydrogen) atoms. The summed E-state index contributed by atoms with van der Waals surface area (Å²) >= 11 is 0. The fourth-order valence-corrected chi connectivity index (χ4v) is 2.29. The zero-order chi connectivity index (χ0) is 14.7. The number of pyridine rings is 1. The van der Waals surface area contributed by atoms with Gasteiger partial charge in [0, 0.05) is 24.8 Å². The number of aromatic nitrogens is 1. The molecular formula is C15H23N3O2. The molecule has 1 aromatic rings. The van der Waals surface area contributed by atoms with Crippen molar-refractivity contribution in [2.24, 2.45) is 0 Å². The van der Waals surface area contributed by atoms with Crippen LogP contribution in [0, 0.1) is 0 Å². The lowest BCUT2D eigenvalue weighted by molar-refractivity contribution is 0.00358. The topological polar surface area (TPSA) is 54.5 Å². The van der Waals surface area contributed by atoms with Gasteiger partial charge in [-0.25, -0.2) is 4.98 Å². The molecule has 0 spiro atoms. The van der Waals surface area contributed by atoms with Crippen LogP contribution in [0.1, 0.15) is 42.7 Å². The first-order valence-electron chi connectivity index (χ1n) is 7.11. The number of carbonyl (C=O) groups is 1. The minimum atomic E-state index is 0.0570. The zero-order valence-electron chi connectivity index (χ0n) is 12.6. The Morgan fingerprint density at radius 1 is 1.50 bits per heavy atom. The zero-order valence-corrected chi connectivity index (χ0v) is 12.6. The van der Waals surface area contributed by atoms with Crippen molar-refractivity contribution < 1.29 is 9.53 Å². The van der Waals surface area contributed by atoms with Crippen molar-refractivity contribution in [2.45, 2.75) is 32.7 Å². The molecule has 1 aromatic heterocycles. The number of ether oxygens (including phenoxy) is 1. The van der Waals surface area contributed by atoms with Gasteiger partial charge < -0.3 is 15.0 Å². The Morgan fingerprint density at radius 2 is 2.25 bits per heavy atom. The normalized spacial score (nSPS) is 19.2. The van der Waals surface area contributed by atoms with E-state index >= 15 is 0 Å². The van der Waals surface area contributed by atoms with Crippen molar-refractivity contribution in [2.75, 3.05) is 32.1 Å². The smallest absolute Gasteiger partial charge is 0.254 e. The van der Waals surface area contributed by atoms with Gasteiger partial charge in [0.15, 0.2) is 0 Å². The van der Waals surface area contributed by atoms with Gasteiger partial charge in [-0.05, 0) is 25.0 Å². The second-order valence-electron chi connectivity index (χ2n) is 5.49. The first kappa shape index (κ1) is 14.8. The Kier molecular flexibility index (Phi) is 4.60. The van der Waals surface area contributed by atoms with Gasteiger partial charge in [-0.15, -0.1) is 0 Å². The lowest BCUT2D eigenvalue weighted by Crippen LogP contribution is -2.47. The number of nitrogens with one attached hydrogen (secondary N) is 1. The molecular weight excluding hydrogens is 254 g/mol. The molecule has 0 bridgehead atoms. The molecule has 0 aliphatic carbocycles. The fourth-order valence-electron chi connectivity index (χ4n) is 2.29. The van der Waals surface area contributed by atoms with Gasteiger partial charge in [-0.2, -0.15) is 0 Å². The average molecular weight is 277 g/mol. The number of nitrogens with zero attached hydrogens (tertiary/aromatic N) is 2. The Labute approximate surface area is 120 Å². The van der Waals surface area contributed by atoms with Crippen molar-refractivity contribution in [1.82, 2.24) is 9.88 Å². The first-order chi connectivity index (χ1) is 9.52. The molecule has 1 unspecified atom stereocenters. The maximum absolute atomic E-state index is 12.7. The highest BCUT2D eigenvalue weighted by molar-refractivity contribution is 5.95. The molecule has 2 rings (SSSR count). The summed E-state index contributed by atoms with van der Waals surface area (Å²) in [6.45, 7) is 8.03. The number of carbonyl (C=O) groups excluding carboxylic acids is 1. The lowest BCUT2D eigenvalue weighted by Gasteiger charge is -2.33. The van der Waals surface area contributed by atoms with Crippen LogP contribution in [0.25, 0.3) is 0 Å². The summed E-state index contributed by atoms with van der Waals surface area (Å²) in [4.78, 5) is 19.0. The third-order valence-electron chi connectivity index (χ3n) is 3.57. The van der Waals surface area contributed by atoms with Crippen molar-refractivity contribution in [3.8, 4) is 0 Å². The van der Waals surface area contributed by atoms with Crippen LogP contribution in [0.15, 0.2) is 12.1 Å². The van der Waals surface area contributed by atoms with Crippen molar-refractivity contribution in [3.63, 3.8) is 0 Å². The second kappa shape index (κ2) is 6.22. The number of morpholine rings is 1. The van der Waals surface area contributed by atoms with Gasteiger partial charge in [0.2, 0.25) is 0 Å². The van der Waals surface area contributed by atoms with E-state index < -0.39 is 0 Å². The number of rotatable bonds is 3. The summed E-state index contributed by atoms with van der Waals surface area (Å²) in [7, 11) is 1.82. The van der Waals surface area contributed by atoms with Crippen LogP contribution in [0.4, 0.5) is 5.82 Å². The summed E-state index contributed by atoms with van der Waals surface area (Å²) in [5, 5.41) is 3.03. The van der Waals surface area contributed by atoms with Crippen LogP contribution in [-0.4, -0.2) is 48.6 Å². The molecule has 1 amide bonds. The molecule has 5 heteroatoms. The molecule has 0 aromatic carbocycles. The van der Waals surface area contributed by atoms with Crippen LogP contribution in [0.5, 0.6) is 0 Å². The summed E-state index contributed by atoms with van der Waals surface area (Å²) in [5.41, 5.74) is 1.63. The van der Waals surface area contributed by atoms with Crippen molar-refractivity contribution in [3.05, 3.63) is 23.4 Å². The molecule has 110 valence electrons. The van der Waals surface area contributed by atoms with Crippen LogP contribution in [-0.2, 0) is 4.74 Å². The molecule has 1 aliphatic heterocycles. The number of amides is 1. The standard InChI is InChI=1S/C15H23N3O2/c1-10(2)13-7-12(8-14(16-4)17-13)15(19)18-5-6-20-9-11(18)3/h7-8,10-11H,5-6,9H2,1-4H3,(H,16,17). The Hall–Kier alpha value is -1.62. The van der Waals surface area contributed by atoms with Gasteiger partial charge in [0.1, 0.15) is 5.82 Å². The highest BCUT2D eigenvalue weighted by Crippen LogP contribution is 2.20. The molecule has 1 atom stereocenters. The van der Waals surface area contributed by atoms with Gasteiger partial charge >= 0.3 is 0 Å². The van der Waals surface area contributed by atoms with Crippen LogP contribution in [0.3, 0.4) is 0 Å². The largest absolute Gasteiger partial charge is 0.377 e. The van der Waals surface area contributed by atoms with Crippen molar-refractivity contribution in [1.29, 1.82) is 0 Å². The van der Waals surface area contributed by atoms with Crippen LogP contribution in [0.2, 0.25) is 0 Å². The quantitative estimate of drug-likeness (QED) is 0.919. The van der Waals surface area contributed by atoms with Gasteiger partial charge in [-0.3, -0.25) is 4.79 Å². The molecule has 0 radical (unpaired) electrons. The minimum Gasteiger partial charge on any atom is -0.377 e. The number of anilines is 1. The SMILES string of the molecule is CNc1cc(C(=O)N2CCOCC2C)cc(C(C)C)n1. The van der Waals surface area contributed by atoms with Gasteiger partial charge in [0.25, 0.3) is 5.91 Å². The maximum atomic E-state index is 12.7. The predicted molar refractivity (Wildman–Crippen MR) is 79.2 cm³/mol. The van der Waals surface area contributed by atoms with E-state index in [2.05, 4.69) is 24.1 Å². The van der Waals surface area contributed by atoms with Gasteiger partial charge in [0.05, 0.1) is 19.3 Å². The van der Waals surface area contributed by atoms with E-state index in [9.17, 15) is 4.79 Å². The molecule has 1 aliphatic rings. The second-order valence-corrected chi connectivity index (χ2v) is 5.49. The first-order valence-corrected chi connectivity index (χ1v) is 7.11. The monoisotopic (exact) mass is 277 g/mol. The van der Waals surface area contributed by atoms with Crippen LogP contribution < -0.4 is 5.32 Å². The summed E-state index contributed by atoms with van der Waals surface area (Å²) < 4.78 is 5.39. The number of hydrogen-bond donors (Lipinski definition) is 1. The van der Waals surface area contributed by atoms with E-state index in [-0.39, 0.29) is 17.9 Å². The molecule has 5 nitrogen and oxygen atoms in total. The van der Waals surface area contributed by atoms with E-state index in [0.29, 0.717) is 25.3 Å².